The largest absolute Gasteiger partial charge is 0.256 e. The first-order valence-corrected chi connectivity index (χ1v) is 5.18. The average Bonchev–Trinajstić information content (AvgIpc) is 2.29. The molecule has 0 aromatic heterocycles. The molecule has 2 aromatic rings. The van der Waals surface area contributed by atoms with E-state index >= 15 is 0 Å². The molecule has 0 heterocycles. The van der Waals surface area contributed by atoms with Gasteiger partial charge in [-0.2, -0.15) is 0 Å². The number of hydrogen-bond donors (Lipinski definition) is 0. The second-order valence-corrected chi connectivity index (χ2v) is 3.67. The van der Waals surface area contributed by atoms with Crippen LogP contribution in [0.1, 0.15) is 5.56 Å². The van der Waals surface area contributed by atoms with E-state index in [1.54, 1.807) is 12.3 Å². The van der Waals surface area contributed by atoms with Crippen LogP contribution in [-0.2, 0) is 0 Å². The van der Waals surface area contributed by atoms with Crippen molar-refractivity contribution in [3.63, 3.8) is 0 Å². The topological polar surface area (TPSA) is 12.4 Å². The molecule has 0 atom stereocenters. The standard InChI is InChI=1S/C13H9ClFN/c14-13-8-11(15)7-6-10(13)9-16-12-4-2-1-3-5-12/h1-9H/b16-9+. The Morgan fingerprint density at radius 3 is 2.50 bits per heavy atom. The van der Waals surface area contributed by atoms with E-state index in [1.807, 2.05) is 30.3 Å². The van der Waals surface area contributed by atoms with E-state index in [4.69, 9.17) is 11.6 Å². The normalized spacial score (nSPS) is 10.9. The van der Waals surface area contributed by atoms with Gasteiger partial charge in [0.25, 0.3) is 0 Å². The Hall–Kier alpha value is -1.67. The van der Waals surface area contributed by atoms with Crippen LogP contribution in [0.5, 0.6) is 0 Å². The van der Waals surface area contributed by atoms with Crippen LogP contribution in [0.3, 0.4) is 0 Å². The maximum Gasteiger partial charge on any atom is 0.124 e. The Morgan fingerprint density at radius 1 is 1.06 bits per heavy atom. The number of para-hydroxylation sites is 1. The summed E-state index contributed by atoms with van der Waals surface area (Å²) in [6.07, 6.45) is 1.62. The summed E-state index contributed by atoms with van der Waals surface area (Å²) >= 11 is 5.86. The summed E-state index contributed by atoms with van der Waals surface area (Å²) in [6, 6.07) is 13.7. The summed E-state index contributed by atoms with van der Waals surface area (Å²) in [7, 11) is 0. The van der Waals surface area contributed by atoms with Crippen LogP contribution in [0, 0.1) is 5.82 Å². The van der Waals surface area contributed by atoms with E-state index in [9.17, 15) is 4.39 Å². The van der Waals surface area contributed by atoms with Crippen molar-refractivity contribution in [1.82, 2.24) is 0 Å². The van der Waals surface area contributed by atoms with Crippen molar-refractivity contribution in [3.05, 3.63) is 64.9 Å². The number of benzene rings is 2. The Labute approximate surface area is 98.2 Å². The number of halogens is 2. The molecule has 0 N–H and O–H groups in total. The summed E-state index contributed by atoms with van der Waals surface area (Å²) in [5.74, 6) is -0.345. The lowest BCUT2D eigenvalue weighted by Gasteiger charge is -1.97. The van der Waals surface area contributed by atoms with Crippen molar-refractivity contribution in [2.75, 3.05) is 0 Å². The highest BCUT2D eigenvalue weighted by Gasteiger charge is 1.98. The van der Waals surface area contributed by atoms with Gasteiger partial charge in [0.15, 0.2) is 0 Å². The molecule has 0 spiro atoms. The Morgan fingerprint density at radius 2 is 1.81 bits per heavy atom. The number of aliphatic imine (C=N–C) groups is 1. The second kappa shape index (κ2) is 4.90. The van der Waals surface area contributed by atoms with Crippen molar-refractivity contribution >= 4 is 23.5 Å². The minimum atomic E-state index is -0.345. The molecule has 3 heteroatoms. The molecule has 0 bridgehead atoms. The SMILES string of the molecule is Fc1ccc(/C=N/c2ccccc2)c(Cl)c1. The molecule has 0 fully saturated rings. The van der Waals surface area contributed by atoms with Gasteiger partial charge in [-0.3, -0.25) is 4.99 Å². The first kappa shape index (κ1) is 10.8. The smallest absolute Gasteiger partial charge is 0.124 e. The average molecular weight is 234 g/mol. The molecule has 2 rings (SSSR count). The lowest BCUT2D eigenvalue weighted by molar-refractivity contribution is 0.628. The summed E-state index contributed by atoms with van der Waals surface area (Å²) < 4.78 is 12.8. The van der Waals surface area contributed by atoms with E-state index in [0.29, 0.717) is 10.6 Å². The van der Waals surface area contributed by atoms with Gasteiger partial charge < -0.3 is 0 Å². The van der Waals surface area contributed by atoms with Gasteiger partial charge in [0.1, 0.15) is 5.82 Å². The van der Waals surface area contributed by atoms with Gasteiger partial charge in [0, 0.05) is 11.8 Å². The molecule has 0 amide bonds. The van der Waals surface area contributed by atoms with Gasteiger partial charge in [-0.25, -0.2) is 4.39 Å². The van der Waals surface area contributed by atoms with Crippen molar-refractivity contribution in [2.24, 2.45) is 4.99 Å². The molecular formula is C13H9ClFN. The Kier molecular flexibility index (Phi) is 3.32. The van der Waals surface area contributed by atoms with E-state index in [1.165, 1.54) is 12.1 Å². The van der Waals surface area contributed by atoms with E-state index in [2.05, 4.69) is 4.99 Å². The first-order chi connectivity index (χ1) is 7.75. The van der Waals surface area contributed by atoms with Gasteiger partial charge in [-0.1, -0.05) is 29.8 Å². The third kappa shape index (κ3) is 2.67. The van der Waals surface area contributed by atoms with Crippen LogP contribution in [0.15, 0.2) is 53.5 Å². The fourth-order valence-electron chi connectivity index (χ4n) is 1.26. The quantitative estimate of drug-likeness (QED) is 0.689. The molecule has 16 heavy (non-hydrogen) atoms. The predicted octanol–water partition coefficient (Wildman–Crippen LogP) is 4.23. The van der Waals surface area contributed by atoms with Gasteiger partial charge in [0.2, 0.25) is 0 Å². The van der Waals surface area contributed by atoms with Gasteiger partial charge in [-0.15, -0.1) is 0 Å². The molecule has 0 saturated carbocycles. The van der Waals surface area contributed by atoms with Gasteiger partial charge in [0.05, 0.1) is 10.7 Å². The maximum absolute atomic E-state index is 12.8. The molecule has 2 aromatic carbocycles. The van der Waals surface area contributed by atoms with Crippen LogP contribution in [-0.4, -0.2) is 6.21 Å². The summed E-state index contributed by atoms with van der Waals surface area (Å²) in [4.78, 5) is 4.24. The molecule has 1 nitrogen and oxygen atoms in total. The van der Waals surface area contributed by atoms with Crippen LogP contribution in [0.2, 0.25) is 5.02 Å². The highest BCUT2D eigenvalue weighted by molar-refractivity contribution is 6.33. The number of nitrogens with zero attached hydrogens (tertiary/aromatic N) is 1. The van der Waals surface area contributed by atoms with Crippen LogP contribution in [0.25, 0.3) is 0 Å². The molecule has 0 unspecified atom stereocenters. The highest BCUT2D eigenvalue weighted by atomic mass is 35.5. The minimum absolute atomic E-state index is 0.345. The third-order valence-corrected chi connectivity index (χ3v) is 2.40. The molecule has 0 aliphatic heterocycles. The maximum atomic E-state index is 12.8. The monoisotopic (exact) mass is 233 g/mol. The third-order valence-electron chi connectivity index (χ3n) is 2.07. The van der Waals surface area contributed by atoms with Gasteiger partial charge >= 0.3 is 0 Å². The lowest BCUT2D eigenvalue weighted by Crippen LogP contribution is -1.84. The van der Waals surface area contributed by atoms with Crippen molar-refractivity contribution in [1.29, 1.82) is 0 Å². The van der Waals surface area contributed by atoms with Gasteiger partial charge in [-0.05, 0) is 30.3 Å². The molecule has 0 saturated heterocycles. The Bertz CT molecular complexity index is 509. The van der Waals surface area contributed by atoms with E-state index < -0.39 is 0 Å². The minimum Gasteiger partial charge on any atom is -0.256 e. The van der Waals surface area contributed by atoms with E-state index in [0.717, 1.165) is 5.69 Å². The number of hydrogen-bond acceptors (Lipinski definition) is 1. The summed E-state index contributed by atoms with van der Waals surface area (Å²) in [6.45, 7) is 0. The van der Waals surface area contributed by atoms with Crippen LogP contribution in [0.4, 0.5) is 10.1 Å². The zero-order valence-corrected chi connectivity index (χ0v) is 9.16. The predicted molar refractivity (Wildman–Crippen MR) is 65.1 cm³/mol. The lowest BCUT2D eigenvalue weighted by atomic mass is 10.2. The summed E-state index contributed by atoms with van der Waals surface area (Å²) in [5, 5.41) is 0.361. The molecule has 0 aliphatic carbocycles. The van der Waals surface area contributed by atoms with Crippen molar-refractivity contribution < 1.29 is 4.39 Å². The molecule has 0 aliphatic rings. The first-order valence-electron chi connectivity index (χ1n) is 4.80. The fraction of sp³-hybridized carbons (Fsp3) is 0. The fourth-order valence-corrected chi connectivity index (χ4v) is 1.48. The zero-order chi connectivity index (χ0) is 11.4. The number of rotatable bonds is 2. The van der Waals surface area contributed by atoms with Crippen molar-refractivity contribution in [2.45, 2.75) is 0 Å². The summed E-state index contributed by atoms with van der Waals surface area (Å²) in [5.41, 5.74) is 1.54. The zero-order valence-electron chi connectivity index (χ0n) is 8.40. The van der Waals surface area contributed by atoms with Crippen LogP contribution < -0.4 is 0 Å². The second-order valence-electron chi connectivity index (χ2n) is 3.26. The van der Waals surface area contributed by atoms with E-state index in [-0.39, 0.29) is 5.82 Å². The molecular weight excluding hydrogens is 225 g/mol. The van der Waals surface area contributed by atoms with Crippen molar-refractivity contribution in [3.8, 4) is 0 Å². The molecule has 80 valence electrons. The van der Waals surface area contributed by atoms with Crippen LogP contribution >= 0.6 is 11.6 Å². The Balaban J connectivity index is 2.24. The molecule has 0 radical (unpaired) electrons. The highest BCUT2D eigenvalue weighted by Crippen LogP contribution is 2.17.